The fourth-order valence-electron chi connectivity index (χ4n) is 2.90. The van der Waals surface area contributed by atoms with E-state index in [1.54, 1.807) is 0 Å². The summed E-state index contributed by atoms with van der Waals surface area (Å²) in [5, 5.41) is 6.36. The van der Waals surface area contributed by atoms with E-state index in [0.717, 1.165) is 32.0 Å². The van der Waals surface area contributed by atoms with Gasteiger partial charge in [-0.3, -0.25) is 0 Å². The van der Waals surface area contributed by atoms with E-state index >= 15 is 0 Å². The van der Waals surface area contributed by atoms with Gasteiger partial charge in [0.05, 0.1) is 0 Å². The average Bonchev–Trinajstić information content (AvgIpc) is 2.49. The zero-order valence-electron chi connectivity index (χ0n) is 15.6. The van der Waals surface area contributed by atoms with Crippen LogP contribution in [-0.2, 0) is 4.43 Å². The van der Waals surface area contributed by atoms with Crippen molar-refractivity contribution in [3.05, 3.63) is 0 Å². The predicted octanol–water partition coefficient (Wildman–Crippen LogP) is 5.23. The van der Waals surface area contributed by atoms with Crippen molar-refractivity contribution in [1.29, 1.82) is 0 Å². The van der Waals surface area contributed by atoms with Crippen molar-refractivity contribution in [2.75, 3.05) is 13.2 Å². The van der Waals surface area contributed by atoms with Gasteiger partial charge in [-0.1, -0.05) is 91.4 Å². The van der Waals surface area contributed by atoms with Gasteiger partial charge in [-0.15, -0.1) is 0 Å². The van der Waals surface area contributed by atoms with Gasteiger partial charge in [0.2, 0.25) is 0 Å². The highest BCUT2D eigenvalue weighted by Crippen LogP contribution is 2.12. The highest BCUT2D eigenvalue weighted by atomic mass is 28.4. The Hall–Kier alpha value is 0.0969. The molecule has 0 saturated heterocycles. The molecule has 0 aliphatic heterocycles. The lowest BCUT2D eigenvalue weighted by Crippen LogP contribution is -2.61. The number of rotatable bonds is 17. The summed E-state index contributed by atoms with van der Waals surface area (Å²) < 4.78 is 6.00. The van der Waals surface area contributed by atoms with Gasteiger partial charge in [0, 0.05) is 6.61 Å². The van der Waals surface area contributed by atoms with Crippen LogP contribution in [0.2, 0.25) is 6.04 Å². The lowest BCUT2D eigenvalue weighted by molar-refractivity contribution is 0.277. The Morgan fingerprint density at radius 1 is 0.727 bits per heavy atom. The molecule has 3 nitrogen and oxygen atoms in total. The number of nitrogens with two attached hydrogens (primary N) is 1. The van der Waals surface area contributed by atoms with Crippen LogP contribution in [0.3, 0.4) is 0 Å². The monoisotopic (exact) mass is 330 g/mol. The third-order valence-corrected chi connectivity index (χ3v) is 7.12. The molecule has 1 unspecified atom stereocenters. The molecule has 1 atom stereocenters. The molecule has 0 spiro atoms. The Morgan fingerprint density at radius 3 is 1.68 bits per heavy atom. The molecular formula is C18H42N2OSi. The van der Waals surface area contributed by atoms with Crippen molar-refractivity contribution >= 4 is 8.64 Å². The van der Waals surface area contributed by atoms with E-state index in [1.807, 2.05) is 0 Å². The van der Waals surface area contributed by atoms with Crippen molar-refractivity contribution in [1.82, 2.24) is 4.98 Å². The van der Waals surface area contributed by atoms with Gasteiger partial charge in [-0.2, -0.15) is 0 Å². The summed E-state index contributed by atoms with van der Waals surface area (Å²) >= 11 is 0. The first-order chi connectivity index (χ1) is 10.7. The standard InChI is InChI=1S/C18H42N2OSi/c1-4-7-8-9-10-11-12-13-14-15-16-17-21-22(19,18-5-2)20-6-3/h20H,4-19H2,1-3H3. The van der Waals surface area contributed by atoms with Gasteiger partial charge in [-0.05, 0) is 19.0 Å². The van der Waals surface area contributed by atoms with Gasteiger partial charge in [0.25, 0.3) is 0 Å². The number of hydrogen-bond donors (Lipinski definition) is 2. The largest absolute Gasteiger partial charge is 0.392 e. The van der Waals surface area contributed by atoms with Gasteiger partial charge >= 0.3 is 8.64 Å². The molecule has 3 N–H and O–H groups in total. The lowest BCUT2D eigenvalue weighted by Gasteiger charge is -2.26. The van der Waals surface area contributed by atoms with E-state index in [0.29, 0.717) is 0 Å². The summed E-state index contributed by atoms with van der Waals surface area (Å²) in [6, 6.07) is 1.01. The van der Waals surface area contributed by atoms with Crippen LogP contribution in [0.1, 0.15) is 97.8 Å². The summed E-state index contributed by atoms with van der Waals surface area (Å²) in [6.45, 7) is 8.32. The van der Waals surface area contributed by atoms with Crippen molar-refractivity contribution in [2.24, 2.45) is 5.40 Å². The first kappa shape index (κ1) is 22.1. The van der Waals surface area contributed by atoms with Crippen LogP contribution >= 0.6 is 0 Å². The zero-order chi connectivity index (χ0) is 16.5. The highest BCUT2D eigenvalue weighted by Gasteiger charge is 2.28. The van der Waals surface area contributed by atoms with Crippen LogP contribution in [0.4, 0.5) is 0 Å². The van der Waals surface area contributed by atoms with Crippen molar-refractivity contribution < 1.29 is 4.43 Å². The molecule has 0 radical (unpaired) electrons. The molecule has 22 heavy (non-hydrogen) atoms. The van der Waals surface area contributed by atoms with Gasteiger partial charge in [0.1, 0.15) is 0 Å². The zero-order valence-corrected chi connectivity index (χ0v) is 16.6. The third kappa shape index (κ3) is 13.7. The molecule has 0 aliphatic carbocycles. The molecule has 0 aromatic rings. The second kappa shape index (κ2) is 16.0. The van der Waals surface area contributed by atoms with Gasteiger partial charge in [-0.25, -0.2) is 0 Å². The Labute approximate surface area is 141 Å². The van der Waals surface area contributed by atoms with E-state index in [1.165, 1.54) is 64.2 Å². The normalized spacial score (nSPS) is 14.2. The van der Waals surface area contributed by atoms with E-state index < -0.39 is 8.64 Å². The van der Waals surface area contributed by atoms with Crippen LogP contribution in [0, 0.1) is 0 Å². The molecule has 0 amide bonds. The van der Waals surface area contributed by atoms with Crippen molar-refractivity contribution in [3.8, 4) is 0 Å². The smallest absolute Gasteiger partial charge is 0.349 e. The fourth-order valence-corrected chi connectivity index (χ4v) is 5.18. The van der Waals surface area contributed by atoms with Crippen LogP contribution in [0.15, 0.2) is 0 Å². The van der Waals surface area contributed by atoms with Crippen LogP contribution in [0.5, 0.6) is 0 Å². The molecule has 0 bridgehead atoms. The number of unbranched alkanes of at least 4 members (excludes halogenated alkanes) is 10. The number of nitrogens with one attached hydrogen (secondary N) is 1. The quantitative estimate of drug-likeness (QED) is 0.283. The summed E-state index contributed by atoms with van der Waals surface area (Å²) in [7, 11) is -2.10. The third-order valence-electron chi connectivity index (χ3n) is 4.20. The van der Waals surface area contributed by atoms with Gasteiger partial charge in [0.15, 0.2) is 0 Å². The summed E-state index contributed by atoms with van der Waals surface area (Å²) in [5.74, 6) is 0. The highest BCUT2D eigenvalue weighted by molar-refractivity contribution is 6.67. The summed E-state index contributed by atoms with van der Waals surface area (Å²) in [4.78, 5) is 3.39. The Bertz CT molecular complexity index is 221. The van der Waals surface area contributed by atoms with E-state index in [4.69, 9.17) is 9.83 Å². The molecule has 0 rings (SSSR count). The molecule has 0 fully saturated rings. The maximum atomic E-state index is 6.36. The lowest BCUT2D eigenvalue weighted by atomic mass is 10.1. The SMILES string of the molecule is CCCCCCCCCCCCCO[Si](N)(CCC)NCC. The van der Waals surface area contributed by atoms with E-state index in [-0.39, 0.29) is 0 Å². The molecule has 4 heteroatoms. The summed E-state index contributed by atoms with van der Waals surface area (Å²) in [5.41, 5.74) is 0. The molecule has 0 heterocycles. The number of hydrogen-bond acceptors (Lipinski definition) is 3. The van der Waals surface area contributed by atoms with Crippen molar-refractivity contribution in [3.63, 3.8) is 0 Å². The average molecular weight is 331 g/mol. The molecule has 134 valence electrons. The maximum absolute atomic E-state index is 6.36. The molecule has 0 saturated carbocycles. The molecule has 0 aliphatic rings. The molecule has 0 aromatic heterocycles. The van der Waals surface area contributed by atoms with Crippen molar-refractivity contribution in [2.45, 2.75) is 104 Å². The van der Waals surface area contributed by atoms with Crippen LogP contribution in [-0.4, -0.2) is 21.8 Å². The Kier molecular flexibility index (Phi) is 16.0. The predicted molar refractivity (Wildman–Crippen MR) is 101 cm³/mol. The fraction of sp³-hybridized carbons (Fsp3) is 1.00. The Balaban J connectivity index is 3.34. The summed E-state index contributed by atoms with van der Waals surface area (Å²) in [6.07, 6.45) is 16.2. The molecular weight excluding hydrogens is 288 g/mol. The minimum Gasteiger partial charge on any atom is -0.392 e. The second-order valence-electron chi connectivity index (χ2n) is 6.55. The Morgan fingerprint density at radius 2 is 1.23 bits per heavy atom. The first-order valence-corrected chi connectivity index (χ1v) is 12.1. The first-order valence-electron chi connectivity index (χ1n) is 9.86. The maximum Gasteiger partial charge on any atom is 0.349 e. The van der Waals surface area contributed by atoms with Gasteiger partial charge < -0.3 is 14.8 Å². The van der Waals surface area contributed by atoms with Crippen LogP contribution in [0.25, 0.3) is 0 Å². The topological polar surface area (TPSA) is 47.3 Å². The minimum atomic E-state index is -2.10. The molecule has 0 aromatic carbocycles. The second-order valence-corrected chi connectivity index (χ2v) is 9.48. The van der Waals surface area contributed by atoms with E-state index in [9.17, 15) is 0 Å². The minimum absolute atomic E-state index is 0.840. The van der Waals surface area contributed by atoms with Crippen LogP contribution < -0.4 is 10.4 Å². The van der Waals surface area contributed by atoms with E-state index in [2.05, 4.69) is 25.8 Å².